The molecule has 1 aromatic rings. The summed E-state index contributed by atoms with van der Waals surface area (Å²) in [6, 6.07) is 8.55. The fourth-order valence-electron chi connectivity index (χ4n) is 2.05. The molecule has 0 aliphatic heterocycles. The molecule has 0 aliphatic rings. The first-order valence-corrected chi connectivity index (χ1v) is 6.83. The third kappa shape index (κ3) is 4.67. The first-order chi connectivity index (χ1) is 8.83. The first kappa shape index (κ1) is 15.0. The van der Waals surface area contributed by atoms with Crippen molar-refractivity contribution in [1.29, 1.82) is 0 Å². The van der Waals surface area contributed by atoms with Crippen LogP contribution in [0.4, 0.5) is 0 Å². The zero-order valence-corrected chi connectivity index (χ0v) is 11.5. The Morgan fingerprint density at radius 3 is 2.67 bits per heavy atom. The number of hydrogen-bond donors (Lipinski definition) is 2. The van der Waals surface area contributed by atoms with Crippen molar-refractivity contribution in [2.24, 2.45) is 0 Å². The van der Waals surface area contributed by atoms with Crippen molar-refractivity contribution in [2.75, 3.05) is 20.3 Å². The van der Waals surface area contributed by atoms with Gasteiger partial charge in [0.25, 0.3) is 0 Å². The molecule has 0 amide bonds. The molecule has 0 bridgehead atoms. The quantitative estimate of drug-likeness (QED) is 0.663. The van der Waals surface area contributed by atoms with Crippen LogP contribution in [0.5, 0.6) is 5.75 Å². The van der Waals surface area contributed by atoms with Gasteiger partial charge in [-0.05, 0) is 38.8 Å². The number of aliphatic hydroxyl groups is 1. The fraction of sp³-hybridized carbons (Fsp3) is 0.600. The summed E-state index contributed by atoms with van der Waals surface area (Å²) in [5, 5.41) is 12.0. The fourth-order valence-corrected chi connectivity index (χ4v) is 2.05. The van der Waals surface area contributed by atoms with Crippen LogP contribution < -0.4 is 10.1 Å². The molecule has 3 nitrogen and oxygen atoms in total. The lowest BCUT2D eigenvalue weighted by Crippen LogP contribution is -2.16. The molecule has 1 aromatic carbocycles. The predicted molar refractivity (Wildman–Crippen MR) is 75.0 cm³/mol. The van der Waals surface area contributed by atoms with E-state index in [0.29, 0.717) is 6.04 Å². The highest BCUT2D eigenvalue weighted by molar-refractivity contribution is 5.35. The minimum Gasteiger partial charge on any atom is -0.493 e. The Labute approximate surface area is 110 Å². The maximum absolute atomic E-state index is 8.71. The zero-order chi connectivity index (χ0) is 13.2. The van der Waals surface area contributed by atoms with E-state index in [4.69, 9.17) is 9.84 Å². The van der Waals surface area contributed by atoms with E-state index in [1.807, 2.05) is 25.2 Å². The molecule has 0 aliphatic carbocycles. The smallest absolute Gasteiger partial charge is 0.124 e. The van der Waals surface area contributed by atoms with Gasteiger partial charge in [0.05, 0.1) is 6.61 Å². The average Bonchev–Trinajstić information content (AvgIpc) is 2.41. The minimum absolute atomic E-state index is 0.272. The summed E-state index contributed by atoms with van der Waals surface area (Å²) in [6.07, 6.45) is 3.91. The van der Waals surface area contributed by atoms with Crippen molar-refractivity contribution in [3.63, 3.8) is 0 Å². The molecular weight excluding hydrogens is 226 g/mol. The van der Waals surface area contributed by atoms with Gasteiger partial charge in [-0.1, -0.05) is 25.1 Å². The summed E-state index contributed by atoms with van der Waals surface area (Å²) in [6.45, 7) is 3.16. The Morgan fingerprint density at radius 2 is 2.00 bits per heavy atom. The maximum Gasteiger partial charge on any atom is 0.124 e. The SMILES string of the molecule is CCC(NC)c1ccccc1OCCCCCO. The predicted octanol–water partition coefficient (Wildman–Crippen LogP) is 2.90. The molecule has 0 radical (unpaired) electrons. The molecule has 0 saturated carbocycles. The number of nitrogens with one attached hydrogen (secondary N) is 1. The number of aliphatic hydroxyl groups excluding tert-OH is 1. The Morgan fingerprint density at radius 1 is 1.22 bits per heavy atom. The summed E-state index contributed by atoms with van der Waals surface area (Å²) in [7, 11) is 1.98. The van der Waals surface area contributed by atoms with Crippen molar-refractivity contribution < 1.29 is 9.84 Å². The second kappa shape index (κ2) is 8.95. The highest BCUT2D eigenvalue weighted by Crippen LogP contribution is 2.26. The molecular formula is C15H25NO2. The van der Waals surface area contributed by atoms with Crippen molar-refractivity contribution >= 4 is 0 Å². The van der Waals surface area contributed by atoms with Crippen molar-refractivity contribution in [1.82, 2.24) is 5.32 Å². The Hall–Kier alpha value is -1.06. The Kier molecular flexibility index (Phi) is 7.46. The Bertz CT molecular complexity index is 324. The van der Waals surface area contributed by atoms with Crippen LogP contribution in [-0.2, 0) is 0 Å². The summed E-state index contributed by atoms with van der Waals surface area (Å²) >= 11 is 0. The molecule has 0 spiro atoms. The molecule has 18 heavy (non-hydrogen) atoms. The van der Waals surface area contributed by atoms with Crippen LogP contribution >= 0.6 is 0 Å². The van der Waals surface area contributed by atoms with Crippen LogP contribution in [0.2, 0.25) is 0 Å². The highest BCUT2D eigenvalue weighted by atomic mass is 16.5. The summed E-state index contributed by atoms with van der Waals surface area (Å²) < 4.78 is 5.85. The molecule has 0 aromatic heterocycles. The van der Waals surface area contributed by atoms with Crippen LogP contribution in [0.25, 0.3) is 0 Å². The van der Waals surface area contributed by atoms with Crippen LogP contribution in [0.15, 0.2) is 24.3 Å². The van der Waals surface area contributed by atoms with E-state index < -0.39 is 0 Å². The lowest BCUT2D eigenvalue weighted by Gasteiger charge is -2.18. The molecule has 3 heteroatoms. The van der Waals surface area contributed by atoms with Gasteiger partial charge in [0, 0.05) is 18.2 Å². The van der Waals surface area contributed by atoms with Crippen LogP contribution in [0.1, 0.15) is 44.2 Å². The largest absolute Gasteiger partial charge is 0.493 e. The van der Waals surface area contributed by atoms with E-state index in [2.05, 4.69) is 18.3 Å². The molecule has 1 atom stereocenters. The van der Waals surface area contributed by atoms with E-state index in [9.17, 15) is 0 Å². The lowest BCUT2D eigenvalue weighted by atomic mass is 10.0. The zero-order valence-electron chi connectivity index (χ0n) is 11.5. The van der Waals surface area contributed by atoms with Gasteiger partial charge in [-0.3, -0.25) is 0 Å². The minimum atomic E-state index is 0.272. The van der Waals surface area contributed by atoms with E-state index in [1.165, 1.54) is 5.56 Å². The number of rotatable bonds is 9. The van der Waals surface area contributed by atoms with Crippen LogP contribution in [0.3, 0.4) is 0 Å². The molecule has 0 saturated heterocycles. The van der Waals surface area contributed by atoms with Gasteiger partial charge in [0.15, 0.2) is 0 Å². The summed E-state index contributed by atoms with van der Waals surface area (Å²) in [5.74, 6) is 0.975. The van der Waals surface area contributed by atoms with Gasteiger partial charge in [0.2, 0.25) is 0 Å². The van der Waals surface area contributed by atoms with Crippen molar-refractivity contribution in [3.8, 4) is 5.75 Å². The third-order valence-electron chi connectivity index (χ3n) is 3.11. The third-order valence-corrected chi connectivity index (χ3v) is 3.11. The summed E-state index contributed by atoms with van der Waals surface area (Å²) in [5.41, 5.74) is 1.23. The van der Waals surface area contributed by atoms with E-state index in [1.54, 1.807) is 0 Å². The van der Waals surface area contributed by atoms with Gasteiger partial charge in [0.1, 0.15) is 5.75 Å². The maximum atomic E-state index is 8.71. The van der Waals surface area contributed by atoms with Crippen molar-refractivity contribution in [2.45, 2.75) is 38.6 Å². The molecule has 0 fully saturated rings. The number of para-hydroxylation sites is 1. The normalized spacial score (nSPS) is 12.4. The molecule has 0 heterocycles. The van der Waals surface area contributed by atoms with E-state index in [-0.39, 0.29) is 6.61 Å². The number of benzene rings is 1. The molecule has 2 N–H and O–H groups in total. The standard InChI is InChI=1S/C15H25NO2/c1-3-14(16-2)13-9-5-6-10-15(13)18-12-8-4-7-11-17/h5-6,9-10,14,16-17H,3-4,7-8,11-12H2,1-2H3. The molecule has 102 valence electrons. The van der Waals surface area contributed by atoms with Gasteiger partial charge in [-0.15, -0.1) is 0 Å². The van der Waals surface area contributed by atoms with Crippen LogP contribution in [0, 0.1) is 0 Å². The first-order valence-electron chi connectivity index (χ1n) is 6.83. The highest BCUT2D eigenvalue weighted by Gasteiger charge is 2.11. The van der Waals surface area contributed by atoms with Gasteiger partial charge >= 0.3 is 0 Å². The molecule has 1 unspecified atom stereocenters. The average molecular weight is 251 g/mol. The Balaban J connectivity index is 2.53. The second-order valence-corrected chi connectivity index (χ2v) is 4.42. The van der Waals surface area contributed by atoms with Crippen LogP contribution in [-0.4, -0.2) is 25.4 Å². The van der Waals surface area contributed by atoms with Gasteiger partial charge < -0.3 is 15.2 Å². The van der Waals surface area contributed by atoms with E-state index in [0.717, 1.165) is 38.0 Å². The second-order valence-electron chi connectivity index (χ2n) is 4.42. The molecule has 1 rings (SSSR count). The topological polar surface area (TPSA) is 41.5 Å². The number of ether oxygens (including phenoxy) is 1. The van der Waals surface area contributed by atoms with Crippen molar-refractivity contribution in [3.05, 3.63) is 29.8 Å². The number of unbranched alkanes of at least 4 members (excludes halogenated alkanes) is 2. The monoisotopic (exact) mass is 251 g/mol. The van der Waals surface area contributed by atoms with E-state index >= 15 is 0 Å². The van der Waals surface area contributed by atoms with Gasteiger partial charge in [-0.25, -0.2) is 0 Å². The lowest BCUT2D eigenvalue weighted by molar-refractivity contribution is 0.264. The number of hydrogen-bond acceptors (Lipinski definition) is 3. The van der Waals surface area contributed by atoms with Gasteiger partial charge in [-0.2, -0.15) is 0 Å². The summed E-state index contributed by atoms with van der Waals surface area (Å²) in [4.78, 5) is 0.